The van der Waals surface area contributed by atoms with Crippen molar-refractivity contribution in [2.24, 2.45) is 10.2 Å². The van der Waals surface area contributed by atoms with E-state index < -0.39 is 11.8 Å². The molecule has 2 rings (SSSR count). The van der Waals surface area contributed by atoms with Gasteiger partial charge in [0, 0.05) is 5.56 Å². The minimum atomic E-state index is -4.51. The average Bonchev–Trinajstić information content (AvgIpc) is 2.96. The average molecular weight is 244 g/mol. The Morgan fingerprint density at radius 3 is 1.94 bits per heavy atom. The highest BCUT2D eigenvalue weighted by Gasteiger charge is 2.65. The number of rotatable bonds is 2. The summed E-state index contributed by atoms with van der Waals surface area (Å²) in [6.07, 6.45) is -4.51. The Bertz CT molecular complexity index is 465. The molecule has 6 heteroatoms. The van der Waals surface area contributed by atoms with E-state index in [4.69, 9.17) is 5.11 Å². The number of benzene rings is 1. The highest BCUT2D eigenvalue weighted by atomic mass is 19.4. The molecule has 1 aromatic rings. The second-order valence-corrected chi connectivity index (χ2v) is 4.12. The van der Waals surface area contributed by atoms with Gasteiger partial charge < -0.3 is 5.11 Å². The van der Waals surface area contributed by atoms with Crippen molar-refractivity contribution in [2.75, 3.05) is 0 Å². The van der Waals surface area contributed by atoms with Crippen LogP contribution in [0.3, 0.4) is 0 Å². The van der Waals surface area contributed by atoms with E-state index in [2.05, 4.69) is 10.2 Å². The largest absolute Gasteiger partial charge is 0.442 e. The standard InChI is InChI=1S/C11H11F3N2O/c1-6-3-8(4-7(2)9(6)5-17)10(15-16-10)11(12,13)14/h3-4,17H,5H2,1-2H3. The number of nitrogens with zero attached hydrogens (tertiary/aromatic N) is 2. The maximum atomic E-state index is 12.8. The summed E-state index contributed by atoms with van der Waals surface area (Å²) >= 11 is 0. The molecule has 1 heterocycles. The van der Waals surface area contributed by atoms with Crippen molar-refractivity contribution < 1.29 is 18.3 Å². The predicted molar refractivity (Wildman–Crippen MR) is 54.4 cm³/mol. The Kier molecular flexibility index (Phi) is 2.50. The lowest BCUT2D eigenvalue weighted by atomic mass is 9.94. The molecule has 0 aliphatic carbocycles. The number of hydrogen-bond acceptors (Lipinski definition) is 3. The van der Waals surface area contributed by atoms with Crippen LogP contribution in [0.1, 0.15) is 22.3 Å². The van der Waals surface area contributed by atoms with Gasteiger partial charge in [-0.3, -0.25) is 0 Å². The van der Waals surface area contributed by atoms with Gasteiger partial charge in [-0.1, -0.05) is 12.1 Å². The molecule has 0 saturated heterocycles. The third-order valence-electron chi connectivity index (χ3n) is 2.95. The molecule has 0 atom stereocenters. The lowest BCUT2D eigenvalue weighted by Crippen LogP contribution is -2.30. The van der Waals surface area contributed by atoms with E-state index in [0.717, 1.165) is 0 Å². The molecule has 1 aromatic carbocycles. The van der Waals surface area contributed by atoms with Crippen LogP contribution in [0.2, 0.25) is 0 Å². The number of alkyl halides is 3. The minimum absolute atomic E-state index is 0.0113. The summed E-state index contributed by atoms with van der Waals surface area (Å²) in [6.45, 7) is 3.13. The summed E-state index contributed by atoms with van der Waals surface area (Å²) < 4.78 is 38.4. The van der Waals surface area contributed by atoms with Crippen LogP contribution < -0.4 is 0 Å². The third-order valence-corrected chi connectivity index (χ3v) is 2.95. The molecule has 0 amide bonds. The number of hydrogen-bond donors (Lipinski definition) is 1. The van der Waals surface area contributed by atoms with E-state index in [1.807, 2.05) is 0 Å². The topological polar surface area (TPSA) is 45.0 Å². The lowest BCUT2D eigenvalue weighted by Gasteiger charge is -2.17. The summed E-state index contributed by atoms with van der Waals surface area (Å²) in [7, 11) is 0. The molecule has 0 unspecified atom stereocenters. The minimum Gasteiger partial charge on any atom is -0.392 e. The van der Waals surface area contributed by atoms with E-state index in [1.165, 1.54) is 12.1 Å². The molecule has 1 aliphatic rings. The molecular formula is C11H11F3N2O. The first-order valence-electron chi connectivity index (χ1n) is 5.04. The SMILES string of the molecule is Cc1cc(C2(C(F)(F)F)N=N2)cc(C)c1CO. The Labute approximate surface area is 96.0 Å². The molecule has 0 bridgehead atoms. The number of aliphatic hydroxyl groups excluding tert-OH is 1. The fraction of sp³-hybridized carbons (Fsp3) is 0.455. The molecule has 0 saturated carbocycles. The quantitative estimate of drug-likeness (QED) is 0.854. The van der Waals surface area contributed by atoms with Gasteiger partial charge in [0.1, 0.15) is 0 Å². The van der Waals surface area contributed by atoms with Gasteiger partial charge in [-0.25, -0.2) is 0 Å². The molecule has 0 spiro atoms. The molecule has 0 aromatic heterocycles. The molecule has 1 N–H and O–H groups in total. The van der Waals surface area contributed by atoms with Crippen molar-refractivity contribution in [1.82, 2.24) is 0 Å². The molecule has 92 valence electrons. The van der Waals surface area contributed by atoms with E-state index in [9.17, 15) is 13.2 Å². The molecule has 1 aliphatic heterocycles. The molecular weight excluding hydrogens is 233 g/mol. The molecule has 0 fully saturated rings. The van der Waals surface area contributed by atoms with Crippen LogP contribution in [-0.2, 0) is 12.3 Å². The fourth-order valence-corrected chi connectivity index (χ4v) is 1.89. The van der Waals surface area contributed by atoms with Crippen LogP contribution in [0.15, 0.2) is 22.4 Å². The summed E-state index contributed by atoms with van der Waals surface area (Å²) in [5, 5.41) is 15.4. The Morgan fingerprint density at radius 2 is 1.65 bits per heavy atom. The Hall–Kier alpha value is -1.43. The van der Waals surface area contributed by atoms with Gasteiger partial charge in [0.15, 0.2) is 0 Å². The first kappa shape index (κ1) is 12.0. The normalized spacial score (nSPS) is 17.3. The van der Waals surface area contributed by atoms with E-state index in [0.29, 0.717) is 16.7 Å². The summed E-state index contributed by atoms with van der Waals surface area (Å²) in [6, 6.07) is 2.76. The maximum Gasteiger partial charge on any atom is 0.442 e. The third kappa shape index (κ3) is 1.72. The fourth-order valence-electron chi connectivity index (χ4n) is 1.89. The number of aliphatic hydroxyl groups is 1. The molecule has 0 radical (unpaired) electrons. The first-order chi connectivity index (χ1) is 7.82. The number of halogens is 3. The highest BCUT2D eigenvalue weighted by molar-refractivity contribution is 5.42. The van der Waals surface area contributed by atoms with Gasteiger partial charge in [-0.05, 0) is 30.5 Å². The molecule has 17 heavy (non-hydrogen) atoms. The van der Waals surface area contributed by atoms with Gasteiger partial charge in [-0.15, -0.1) is 10.2 Å². The number of aryl methyl sites for hydroxylation is 2. The Balaban J connectivity index is 2.49. The smallest absolute Gasteiger partial charge is 0.392 e. The van der Waals surface area contributed by atoms with E-state index >= 15 is 0 Å². The highest BCUT2D eigenvalue weighted by Crippen LogP contribution is 2.52. The lowest BCUT2D eigenvalue weighted by molar-refractivity contribution is -0.166. The Morgan fingerprint density at radius 1 is 1.18 bits per heavy atom. The second-order valence-electron chi connectivity index (χ2n) is 4.12. The van der Waals surface area contributed by atoms with Crippen LogP contribution in [0.4, 0.5) is 13.2 Å². The van der Waals surface area contributed by atoms with Crippen LogP contribution in [0.25, 0.3) is 0 Å². The van der Waals surface area contributed by atoms with Gasteiger partial charge in [0.2, 0.25) is 0 Å². The summed E-state index contributed by atoms with van der Waals surface area (Å²) in [5.74, 6) is 0. The first-order valence-corrected chi connectivity index (χ1v) is 5.04. The van der Waals surface area contributed by atoms with Gasteiger partial charge in [-0.2, -0.15) is 13.2 Å². The predicted octanol–water partition coefficient (Wildman–Crippen LogP) is 2.98. The van der Waals surface area contributed by atoms with Gasteiger partial charge in [0.05, 0.1) is 6.61 Å². The van der Waals surface area contributed by atoms with Crippen molar-refractivity contribution >= 4 is 0 Å². The summed E-state index contributed by atoms with van der Waals surface area (Å²) in [5.41, 5.74) is -0.493. The zero-order chi connectivity index (χ0) is 12.8. The zero-order valence-electron chi connectivity index (χ0n) is 9.34. The van der Waals surface area contributed by atoms with E-state index in [1.54, 1.807) is 13.8 Å². The van der Waals surface area contributed by atoms with Crippen LogP contribution in [-0.4, -0.2) is 11.3 Å². The van der Waals surface area contributed by atoms with Crippen molar-refractivity contribution in [3.63, 3.8) is 0 Å². The molecule has 3 nitrogen and oxygen atoms in total. The van der Waals surface area contributed by atoms with Crippen LogP contribution in [0.5, 0.6) is 0 Å². The van der Waals surface area contributed by atoms with Crippen LogP contribution in [0, 0.1) is 13.8 Å². The van der Waals surface area contributed by atoms with Crippen molar-refractivity contribution in [3.8, 4) is 0 Å². The monoisotopic (exact) mass is 244 g/mol. The van der Waals surface area contributed by atoms with Crippen molar-refractivity contribution in [1.29, 1.82) is 0 Å². The second kappa shape index (κ2) is 3.53. The maximum absolute atomic E-state index is 12.8. The van der Waals surface area contributed by atoms with Crippen molar-refractivity contribution in [3.05, 3.63) is 34.4 Å². The van der Waals surface area contributed by atoms with Crippen molar-refractivity contribution in [2.45, 2.75) is 32.3 Å². The van der Waals surface area contributed by atoms with Gasteiger partial charge in [0.25, 0.3) is 0 Å². The summed E-state index contributed by atoms with van der Waals surface area (Å²) in [4.78, 5) is 0. The van der Waals surface area contributed by atoms with E-state index in [-0.39, 0.29) is 12.2 Å². The zero-order valence-corrected chi connectivity index (χ0v) is 9.34. The van der Waals surface area contributed by atoms with Gasteiger partial charge >= 0.3 is 11.8 Å². The van der Waals surface area contributed by atoms with Crippen LogP contribution >= 0.6 is 0 Å².